The minimum atomic E-state index is 0.382. The lowest BCUT2D eigenvalue weighted by Crippen LogP contribution is -1.97. The van der Waals surface area contributed by atoms with Crippen molar-refractivity contribution in [3.05, 3.63) is 35.2 Å². The summed E-state index contributed by atoms with van der Waals surface area (Å²) in [7, 11) is 1.59. The van der Waals surface area contributed by atoms with E-state index >= 15 is 0 Å². The second kappa shape index (κ2) is 5.01. The Kier molecular flexibility index (Phi) is 3.21. The van der Waals surface area contributed by atoms with Crippen molar-refractivity contribution in [1.29, 1.82) is 0 Å². The Hall–Kier alpha value is -1.88. The molecule has 1 saturated carbocycles. The first-order valence-electron chi connectivity index (χ1n) is 6.16. The highest BCUT2D eigenvalue weighted by atomic mass is 32.1. The van der Waals surface area contributed by atoms with Crippen molar-refractivity contribution in [3.8, 4) is 22.8 Å². The van der Waals surface area contributed by atoms with E-state index in [0.717, 1.165) is 29.8 Å². The first kappa shape index (κ1) is 12.2. The van der Waals surface area contributed by atoms with Crippen LogP contribution in [0.2, 0.25) is 0 Å². The molecule has 1 aromatic carbocycles. The third-order valence-corrected chi connectivity index (χ3v) is 3.26. The molecule has 0 atom stereocenters. The van der Waals surface area contributed by atoms with E-state index in [2.05, 4.69) is 9.97 Å². The smallest absolute Gasteiger partial charge is 0.179 e. The van der Waals surface area contributed by atoms with Gasteiger partial charge in [-0.15, -0.1) is 0 Å². The van der Waals surface area contributed by atoms with Crippen LogP contribution in [-0.2, 0) is 0 Å². The lowest BCUT2D eigenvalue weighted by atomic mass is 10.1. The Labute approximate surface area is 116 Å². The third kappa shape index (κ3) is 2.61. The van der Waals surface area contributed by atoms with E-state index in [1.807, 2.05) is 24.3 Å². The molecule has 1 aromatic heterocycles. The molecule has 0 spiro atoms. The summed E-state index contributed by atoms with van der Waals surface area (Å²) in [6, 6.07) is 7.90. The van der Waals surface area contributed by atoms with Crippen LogP contribution in [0.25, 0.3) is 11.3 Å². The van der Waals surface area contributed by atoms with Gasteiger partial charge in [-0.05, 0) is 25.0 Å². The highest BCUT2D eigenvalue weighted by molar-refractivity contribution is 7.71. The highest BCUT2D eigenvalue weighted by Crippen LogP contribution is 2.32. The summed E-state index contributed by atoms with van der Waals surface area (Å²) in [4.78, 5) is 7.10. The van der Waals surface area contributed by atoms with Gasteiger partial charge >= 0.3 is 0 Å². The summed E-state index contributed by atoms with van der Waals surface area (Å²) in [5.41, 5.74) is 1.80. The molecule has 2 aromatic rings. The molecule has 0 amide bonds. The Balaban J connectivity index is 2.01. The molecule has 19 heavy (non-hydrogen) atoms. The lowest BCUT2D eigenvalue weighted by Gasteiger charge is -2.10. The number of hydrogen-bond donors (Lipinski definition) is 1. The SMILES string of the molecule is COc1c(-c2cccc(OC3CC3)c2)[nH]cnc1=S. The van der Waals surface area contributed by atoms with Gasteiger partial charge in [-0.1, -0.05) is 24.4 Å². The maximum absolute atomic E-state index is 5.79. The fourth-order valence-electron chi connectivity index (χ4n) is 1.89. The maximum atomic E-state index is 5.79. The van der Waals surface area contributed by atoms with Gasteiger partial charge in [0.25, 0.3) is 0 Å². The van der Waals surface area contributed by atoms with Crippen molar-refractivity contribution >= 4 is 12.2 Å². The predicted molar refractivity (Wildman–Crippen MR) is 75.1 cm³/mol. The summed E-state index contributed by atoms with van der Waals surface area (Å²) in [6.07, 6.45) is 4.25. The predicted octanol–water partition coefficient (Wildman–Crippen LogP) is 3.36. The van der Waals surface area contributed by atoms with E-state index in [1.54, 1.807) is 13.4 Å². The molecule has 1 N–H and O–H groups in total. The van der Waals surface area contributed by atoms with Crippen molar-refractivity contribution in [2.75, 3.05) is 7.11 Å². The van der Waals surface area contributed by atoms with E-state index in [1.165, 1.54) is 0 Å². The molecule has 0 unspecified atom stereocenters. The lowest BCUT2D eigenvalue weighted by molar-refractivity contribution is 0.303. The summed E-state index contributed by atoms with van der Waals surface area (Å²) in [5.74, 6) is 1.46. The first-order chi connectivity index (χ1) is 9.28. The Bertz CT molecular complexity index is 650. The molecular formula is C14H14N2O2S. The molecule has 4 nitrogen and oxygen atoms in total. The Morgan fingerprint density at radius 1 is 1.37 bits per heavy atom. The third-order valence-electron chi connectivity index (χ3n) is 2.97. The van der Waals surface area contributed by atoms with E-state index in [9.17, 15) is 0 Å². The van der Waals surface area contributed by atoms with Crippen molar-refractivity contribution in [2.45, 2.75) is 18.9 Å². The van der Waals surface area contributed by atoms with Gasteiger partial charge in [0.15, 0.2) is 10.4 Å². The Morgan fingerprint density at radius 2 is 2.21 bits per heavy atom. The van der Waals surface area contributed by atoms with Gasteiger partial charge in [-0.3, -0.25) is 0 Å². The van der Waals surface area contributed by atoms with Crippen LogP contribution in [0.5, 0.6) is 11.5 Å². The largest absolute Gasteiger partial charge is 0.491 e. The van der Waals surface area contributed by atoms with Crippen LogP contribution < -0.4 is 9.47 Å². The summed E-state index contributed by atoms with van der Waals surface area (Å²) >= 11 is 5.16. The van der Waals surface area contributed by atoms with Crippen molar-refractivity contribution in [2.24, 2.45) is 0 Å². The number of ether oxygens (including phenoxy) is 2. The molecule has 3 rings (SSSR count). The van der Waals surface area contributed by atoms with Crippen LogP contribution in [0.4, 0.5) is 0 Å². The zero-order chi connectivity index (χ0) is 13.2. The van der Waals surface area contributed by atoms with Gasteiger partial charge in [0, 0.05) is 5.56 Å². The molecule has 0 radical (unpaired) electrons. The quantitative estimate of drug-likeness (QED) is 0.868. The van der Waals surface area contributed by atoms with Crippen LogP contribution in [0.15, 0.2) is 30.6 Å². The molecule has 1 fully saturated rings. The van der Waals surface area contributed by atoms with Crippen LogP contribution >= 0.6 is 12.2 Å². The standard InChI is InChI=1S/C14H14N2O2S/c1-17-13-12(15-8-16-14(13)19)9-3-2-4-11(7-9)18-10-5-6-10/h2-4,7-8,10H,5-6H2,1H3,(H,15,16,19). The first-order valence-corrected chi connectivity index (χ1v) is 6.57. The summed E-state index contributed by atoms with van der Waals surface area (Å²) < 4.78 is 11.6. The summed E-state index contributed by atoms with van der Waals surface area (Å²) in [6.45, 7) is 0. The highest BCUT2D eigenvalue weighted by Gasteiger charge is 2.23. The minimum absolute atomic E-state index is 0.382. The number of methoxy groups -OCH3 is 1. The van der Waals surface area contributed by atoms with Gasteiger partial charge in [0.1, 0.15) is 5.75 Å². The number of nitrogens with zero attached hydrogens (tertiary/aromatic N) is 1. The Morgan fingerprint density at radius 3 is 2.95 bits per heavy atom. The number of aromatic amines is 1. The van der Waals surface area contributed by atoms with Gasteiger partial charge < -0.3 is 14.5 Å². The average Bonchev–Trinajstić information content (AvgIpc) is 3.23. The van der Waals surface area contributed by atoms with E-state index in [4.69, 9.17) is 21.7 Å². The number of nitrogens with one attached hydrogen (secondary N) is 1. The van der Waals surface area contributed by atoms with E-state index < -0.39 is 0 Å². The molecule has 5 heteroatoms. The summed E-state index contributed by atoms with van der Waals surface area (Å²) in [5, 5.41) is 0. The molecule has 1 heterocycles. The number of hydrogen-bond acceptors (Lipinski definition) is 4. The molecular weight excluding hydrogens is 260 g/mol. The van der Waals surface area contributed by atoms with E-state index in [-0.39, 0.29) is 0 Å². The normalized spacial score (nSPS) is 14.2. The van der Waals surface area contributed by atoms with Crippen molar-refractivity contribution in [1.82, 2.24) is 9.97 Å². The topological polar surface area (TPSA) is 47.1 Å². The zero-order valence-electron chi connectivity index (χ0n) is 10.6. The van der Waals surface area contributed by atoms with Crippen LogP contribution in [0, 0.1) is 4.64 Å². The van der Waals surface area contributed by atoms with Gasteiger partial charge in [0.2, 0.25) is 0 Å². The second-order valence-corrected chi connectivity index (χ2v) is 4.85. The van der Waals surface area contributed by atoms with Crippen LogP contribution in [-0.4, -0.2) is 23.2 Å². The fourth-order valence-corrected chi connectivity index (χ4v) is 2.13. The molecule has 98 valence electrons. The van der Waals surface area contributed by atoms with Crippen LogP contribution in [0.3, 0.4) is 0 Å². The molecule has 0 aliphatic heterocycles. The number of H-pyrrole nitrogens is 1. The monoisotopic (exact) mass is 274 g/mol. The van der Waals surface area contributed by atoms with Crippen molar-refractivity contribution < 1.29 is 9.47 Å². The van der Waals surface area contributed by atoms with E-state index in [0.29, 0.717) is 16.5 Å². The average molecular weight is 274 g/mol. The second-order valence-electron chi connectivity index (χ2n) is 4.46. The number of benzene rings is 1. The molecule has 1 aliphatic rings. The van der Waals surface area contributed by atoms with Crippen LogP contribution in [0.1, 0.15) is 12.8 Å². The van der Waals surface area contributed by atoms with Gasteiger partial charge in [-0.2, -0.15) is 0 Å². The molecule has 0 bridgehead atoms. The maximum Gasteiger partial charge on any atom is 0.179 e. The van der Waals surface area contributed by atoms with Gasteiger partial charge in [0.05, 0.1) is 25.2 Å². The minimum Gasteiger partial charge on any atom is -0.491 e. The molecule has 1 aliphatic carbocycles. The fraction of sp³-hybridized carbons (Fsp3) is 0.286. The number of rotatable bonds is 4. The van der Waals surface area contributed by atoms with Crippen molar-refractivity contribution in [3.63, 3.8) is 0 Å². The molecule has 0 saturated heterocycles. The van der Waals surface area contributed by atoms with Gasteiger partial charge in [-0.25, -0.2) is 4.98 Å². The number of aromatic nitrogens is 2. The zero-order valence-corrected chi connectivity index (χ0v) is 11.4.